The van der Waals surface area contributed by atoms with Crippen molar-refractivity contribution in [3.63, 3.8) is 0 Å². The lowest BCUT2D eigenvalue weighted by Gasteiger charge is -2.13. The Labute approximate surface area is 141 Å². The van der Waals surface area contributed by atoms with Crippen LogP contribution in [0.25, 0.3) is 10.2 Å². The Hall–Kier alpha value is -2.80. The van der Waals surface area contributed by atoms with E-state index in [1.165, 1.54) is 17.5 Å². The Kier molecular flexibility index (Phi) is 4.52. The number of aromatic nitrogens is 2. The summed E-state index contributed by atoms with van der Waals surface area (Å²) in [6.45, 7) is 1.80. The van der Waals surface area contributed by atoms with Gasteiger partial charge < -0.3 is 9.67 Å². The molecule has 2 aromatic heterocycles. The molecular weight excluding hydrogens is 326 g/mol. The van der Waals surface area contributed by atoms with Gasteiger partial charge in [0.1, 0.15) is 6.04 Å². The first-order valence-corrected chi connectivity index (χ1v) is 8.25. The van der Waals surface area contributed by atoms with Crippen molar-refractivity contribution < 1.29 is 14.7 Å². The molecule has 6 nitrogen and oxygen atoms in total. The molecule has 7 heteroatoms. The molecule has 0 aliphatic heterocycles. The Bertz CT molecular complexity index is 960. The van der Waals surface area contributed by atoms with Gasteiger partial charge in [-0.05, 0) is 30.7 Å². The van der Waals surface area contributed by atoms with Crippen molar-refractivity contribution in [3.05, 3.63) is 59.2 Å². The van der Waals surface area contributed by atoms with Crippen molar-refractivity contribution in [3.8, 4) is 0 Å². The van der Waals surface area contributed by atoms with Gasteiger partial charge in [-0.3, -0.25) is 9.78 Å². The molecule has 3 rings (SSSR count). The highest BCUT2D eigenvalue weighted by atomic mass is 32.1. The highest BCUT2D eigenvalue weighted by Crippen LogP contribution is 2.22. The van der Waals surface area contributed by atoms with Crippen LogP contribution in [0.3, 0.4) is 0 Å². The van der Waals surface area contributed by atoms with Gasteiger partial charge in [-0.2, -0.15) is 4.99 Å². The fourth-order valence-electron chi connectivity index (χ4n) is 2.48. The van der Waals surface area contributed by atoms with E-state index in [0.29, 0.717) is 16.8 Å². The third-order valence-electron chi connectivity index (χ3n) is 3.62. The van der Waals surface area contributed by atoms with Crippen LogP contribution in [0.1, 0.15) is 29.7 Å². The van der Waals surface area contributed by atoms with Gasteiger partial charge in [0.25, 0.3) is 5.91 Å². The zero-order valence-electron chi connectivity index (χ0n) is 12.9. The highest BCUT2D eigenvalue weighted by Gasteiger charge is 2.21. The van der Waals surface area contributed by atoms with Gasteiger partial charge in [0.15, 0.2) is 4.80 Å². The summed E-state index contributed by atoms with van der Waals surface area (Å²) in [6, 6.07) is 9.95. The molecule has 0 saturated carbocycles. The second-order valence-corrected chi connectivity index (χ2v) is 6.15. The zero-order chi connectivity index (χ0) is 17.1. The van der Waals surface area contributed by atoms with Crippen molar-refractivity contribution in [2.75, 3.05) is 0 Å². The van der Waals surface area contributed by atoms with Crippen molar-refractivity contribution in [2.45, 2.75) is 19.4 Å². The molecule has 1 atom stereocenters. The van der Waals surface area contributed by atoms with Crippen molar-refractivity contribution in [1.29, 1.82) is 0 Å². The van der Waals surface area contributed by atoms with Crippen LogP contribution in [0.2, 0.25) is 0 Å². The molecule has 24 heavy (non-hydrogen) atoms. The average molecular weight is 341 g/mol. The van der Waals surface area contributed by atoms with Crippen LogP contribution in [0.15, 0.2) is 53.8 Å². The summed E-state index contributed by atoms with van der Waals surface area (Å²) in [5.41, 5.74) is 1.12. The summed E-state index contributed by atoms with van der Waals surface area (Å²) in [5, 5.41) is 9.53. The lowest BCUT2D eigenvalue weighted by atomic mass is 10.2. The zero-order valence-corrected chi connectivity index (χ0v) is 13.7. The predicted octanol–water partition coefficient (Wildman–Crippen LogP) is 2.87. The third-order valence-corrected chi connectivity index (χ3v) is 4.66. The summed E-state index contributed by atoms with van der Waals surface area (Å²) in [4.78, 5) is 32.4. The van der Waals surface area contributed by atoms with Crippen LogP contribution in [0.5, 0.6) is 0 Å². The van der Waals surface area contributed by atoms with E-state index in [1.807, 2.05) is 24.3 Å². The van der Waals surface area contributed by atoms with E-state index in [1.54, 1.807) is 29.8 Å². The highest BCUT2D eigenvalue weighted by molar-refractivity contribution is 7.16. The van der Waals surface area contributed by atoms with Gasteiger partial charge in [0.2, 0.25) is 0 Å². The standard InChI is InChI=1S/C17H15N3O3S/c1-2-12(16(22)23)20-13-7-3-4-8-14(13)24-17(20)19-15(21)11-6-5-9-18-10-11/h3-10,12H,2H2,1H3,(H,22,23). The number of carbonyl (C=O) groups is 2. The number of benzene rings is 1. The fourth-order valence-corrected chi connectivity index (χ4v) is 3.55. The maximum atomic E-state index is 12.4. The number of hydrogen-bond donors (Lipinski definition) is 1. The second-order valence-electron chi connectivity index (χ2n) is 5.14. The third kappa shape index (κ3) is 2.98. The molecule has 122 valence electrons. The molecule has 0 aliphatic rings. The van der Waals surface area contributed by atoms with Gasteiger partial charge in [0.05, 0.1) is 15.8 Å². The van der Waals surface area contributed by atoms with E-state index in [-0.39, 0.29) is 0 Å². The van der Waals surface area contributed by atoms with E-state index in [4.69, 9.17) is 0 Å². The first-order chi connectivity index (χ1) is 11.6. The summed E-state index contributed by atoms with van der Waals surface area (Å²) < 4.78 is 2.51. The van der Waals surface area contributed by atoms with Crippen LogP contribution in [0.4, 0.5) is 0 Å². The van der Waals surface area contributed by atoms with Crippen molar-refractivity contribution >= 4 is 33.4 Å². The minimum absolute atomic E-state index is 0.366. The normalized spacial score (nSPS) is 13.1. The minimum Gasteiger partial charge on any atom is -0.480 e. The molecule has 2 heterocycles. The number of fused-ring (bicyclic) bond motifs is 1. The van der Waals surface area contributed by atoms with Crippen LogP contribution in [0, 0.1) is 0 Å². The van der Waals surface area contributed by atoms with E-state index < -0.39 is 17.9 Å². The first-order valence-electron chi connectivity index (χ1n) is 7.43. The monoisotopic (exact) mass is 341 g/mol. The second kappa shape index (κ2) is 6.76. The largest absolute Gasteiger partial charge is 0.480 e. The first kappa shape index (κ1) is 16.1. The average Bonchev–Trinajstić information content (AvgIpc) is 2.94. The molecular formula is C17H15N3O3S. The lowest BCUT2D eigenvalue weighted by molar-refractivity contribution is -0.140. The molecule has 1 aromatic carbocycles. The van der Waals surface area contributed by atoms with Crippen LogP contribution in [-0.4, -0.2) is 26.5 Å². The lowest BCUT2D eigenvalue weighted by Crippen LogP contribution is -2.27. The fraction of sp³-hybridized carbons (Fsp3) is 0.176. The number of nitrogens with zero attached hydrogens (tertiary/aromatic N) is 3. The van der Waals surface area contributed by atoms with Crippen LogP contribution < -0.4 is 4.80 Å². The van der Waals surface area contributed by atoms with Gasteiger partial charge in [-0.15, -0.1) is 0 Å². The summed E-state index contributed by atoms with van der Waals surface area (Å²) in [5.74, 6) is -1.39. The van der Waals surface area contributed by atoms with Crippen molar-refractivity contribution in [1.82, 2.24) is 9.55 Å². The number of aliphatic carboxylic acids is 1. The Morgan fingerprint density at radius 3 is 2.75 bits per heavy atom. The maximum Gasteiger partial charge on any atom is 0.326 e. The summed E-state index contributed by atoms with van der Waals surface area (Å²) in [7, 11) is 0. The van der Waals surface area contributed by atoms with E-state index in [9.17, 15) is 14.7 Å². The Morgan fingerprint density at radius 1 is 1.29 bits per heavy atom. The Balaban J connectivity index is 2.22. The Morgan fingerprint density at radius 2 is 2.08 bits per heavy atom. The molecule has 1 unspecified atom stereocenters. The van der Waals surface area contributed by atoms with Crippen LogP contribution in [-0.2, 0) is 4.79 Å². The molecule has 0 fully saturated rings. The number of carboxylic acid groups (broad SMARTS) is 1. The molecule has 0 radical (unpaired) electrons. The summed E-state index contributed by atoms with van der Waals surface area (Å²) >= 11 is 1.30. The van der Waals surface area contributed by atoms with Gasteiger partial charge in [0, 0.05) is 12.4 Å². The number of hydrogen-bond acceptors (Lipinski definition) is 4. The predicted molar refractivity (Wildman–Crippen MR) is 90.9 cm³/mol. The molecule has 0 bridgehead atoms. The van der Waals surface area contributed by atoms with Gasteiger partial charge in [-0.25, -0.2) is 4.79 Å². The minimum atomic E-state index is -0.948. The summed E-state index contributed by atoms with van der Waals surface area (Å²) in [6.07, 6.45) is 3.41. The maximum absolute atomic E-state index is 12.4. The number of rotatable bonds is 4. The van der Waals surface area contributed by atoms with Gasteiger partial charge >= 0.3 is 5.97 Å². The smallest absolute Gasteiger partial charge is 0.326 e. The number of pyridine rings is 1. The molecule has 3 aromatic rings. The van der Waals surface area contributed by atoms with E-state index >= 15 is 0 Å². The number of amides is 1. The molecule has 0 aliphatic carbocycles. The SMILES string of the molecule is CCC(C(=O)O)n1c(=NC(=O)c2cccnc2)sc2ccccc21. The topological polar surface area (TPSA) is 84.5 Å². The van der Waals surface area contributed by atoms with E-state index in [2.05, 4.69) is 9.98 Å². The van der Waals surface area contributed by atoms with Crippen molar-refractivity contribution in [2.24, 2.45) is 4.99 Å². The quantitative estimate of drug-likeness (QED) is 0.791. The molecule has 1 amide bonds. The number of thiazole rings is 1. The number of carbonyl (C=O) groups excluding carboxylic acids is 1. The molecule has 0 saturated heterocycles. The number of para-hydroxylation sites is 1. The van der Waals surface area contributed by atoms with Crippen LogP contribution >= 0.6 is 11.3 Å². The molecule has 0 spiro atoms. The number of carboxylic acids is 1. The van der Waals surface area contributed by atoms with Gasteiger partial charge in [-0.1, -0.05) is 30.4 Å². The van der Waals surface area contributed by atoms with E-state index in [0.717, 1.165) is 10.2 Å². The molecule has 1 N–H and O–H groups in total.